The van der Waals surface area contributed by atoms with E-state index in [0.29, 0.717) is 63.3 Å². The first-order valence-electron chi connectivity index (χ1n) is 27.0. The van der Waals surface area contributed by atoms with E-state index in [9.17, 15) is 28.4 Å². The van der Waals surface area contributed by atoms with Crippen molar-refractivity contribution in [3.8, 4) is 23.0 Å². The van der Waals surface area contributed by atoms with Gasteiger partial charge in [0.2, 0.25) is 0 Å². The smallest absolute Gasteiger partial charge is 0.293 e. The minimum Gasteiger partial charge on any atom is -0.486 e. The van der Waals surface area contributed by atoms with Crippen molar-refractivity contribution in [1.82, 2.24) is 24.5 Å². The Hall–Kier alpha value is -6.80. The normalized spacial score (nSPS) is 22.0. The molecule has 4 N–H and O–H groups in total. The lowest BCUT2D eigenvalue weighted by atomic mass is 9.59. The van der Waals surface area contributed by atoms with E-state index in [1.165, 1.54) is 35.5 Å². The fourth-order valence-electron chi connectivity index (χ4n) is 12.5. The van der Waals surface area contributed by atoms with Crippen molar-refractivity contribution in [2.24, 2.45) is 11.3 Å². The van der Waals surface area contributed by atoms with Gasteiger partial charge in [-0.1, -0.05) is 50.2 Å². The number of hydrogen-bond donors (Lipinski definition) is 4. The second-order valence-corrected chi connectivity index (χ2v) is 24.1. The van der Waals surface area contributed by atoms with Gasteiger partial charge in [-0.05, 0) is 123 Å². The Morgan fingerprint density at radius 1 is 0.974 bits per heavy atom. The number of para-hydroxylation sites is 1. The fraction of sp³-hybridized carbons (Fsp3) is 0.448. The van der Waals surface area contributed by atoms with Crippen LogP contribution in [0.5, 0.6) is 23.0 Å². The number of hydrogen-bond acceptors (Lipinski definition) is 14. The first-order valence-corrected chi connectivity index (χ1v) is 28.4. The zero-order chi connectivity index (χ0) is 53.6. The second kappa shape index (κ2) is 21.2. The maximum atomic E-state index is 16.6. The number of piperazine rings is 1. The van der Waals surface area contributed by atoms with E-state index in [1.54, 1.807) is 25.3 Å². The predicted molar refractivity (Wildman–Crippen MR) is 291 cm³/mol. The van der Waals surface area contributed by atoms with Gasteiger partial charge in [-0.2, -0.15) is 0 Å². The number of piperidine rings is 1. The molecule has 0 radical (unpaired) electrons. The summed E-state index contributed by atoms with van der Waals surface area (Å²) >= 11 is 0. The number of nitrogens with one attached hydrogen (secondary N) is 3. The van der Waals surface area contributed by atoms with Crippen LogP contribution in [0, 0.1) is 27.3 Å². The molecule has 0 bridgehead atoms. The third-order valence-electron chi connectivity index (χ3n) is 16.9. The Kier molecular flexibility index (Phi) is 14.4. The van der Waals surface area contributed by atoms with Gasteiger partial charge in [-0.15, -0.1) is 0 Å². The highest BCUT2D eigenvalue weighted by Crippen LogP contribution is 2.54. The standard InChI is InChI=1S/C58H67FN8O9S/c1-37(2)44-8-4-5-9-45(44)51-36-64(35-40-7-6-10-52-54(40)75-26-25-74-52)23-24-66(51)41-31-58(32-41)18-21-65(22-19-58)49-30-53(76-42-27-39-15-20-60-55(39)62-34-42)46(29-47(49)59)56(68)63-77(72,73)43-11-12-48(50(28-43)67(70)71)61-33-38-13-16-57(3,69)17-14-38/h4-12,15,20,27-30,34,37-38,41,51,61,69H,13-14,16-19,21-26,31-33,35-36H2,1-3H3,(H,60,62)(H,63,68)/t38?,51-,57?/m0/s1. The Bertz CT molecular complexity index is 3290. The number of carbonyl (C=O) groups is 1. The van der Waals surface area contributed by atoms with E-state index in [4.69, 9.17) is 14.2 Å². The van der Waals surface area contributed by atoms with Gasteiger partial charge in [-0.25, -0.2) is 22.5 Å². The summed E-state index contributed by atoms with van der Waals surface area (Å²) in [5.41, 5.74) is 3.29. The number of fused-ring (bicyclic) bond motifs is 2. The van der Waals surface area contributed by atoms with Crippen LogP contribution < -0.4 is 29.1 Å². The van der Waals surface area contributed by atoms with E-state index < -0.39 is 48.4 Å². The van der Waals surface area contributed by atoms with Crippen LogP contribution in [0.4, 0.5) is 21.5 Å². The molecule has 4 fully saturated rings. The largest absolute Gasteiger partial charge is 0.486 e. The molecule has 4 aromatic carbocycles. The van der Waals surface area contributed by atoms with Crippen molar-refractivity contribution in [2.75, 3.05) is 62.7 Å². The number of amides is 1. The number of rotatable bonds is 15. The van der Waals surface area contributed by atoms with Gasteiger partial charge in [0.15, 0.2) is 11.5 Å². The second-order valence-electron chi connectivity index (χ2n) is 22.4. The molecule has 1 atom stereocenters. The Morgan fingerprint density at radius 3 is 2.53 bits per heavy atom. The summed E-state index contributed by atoms with van der Waals surface area (Å²) in [5.74, 6) is 0.415. The van der Waals surface area contributed by atoms with Gasteiger partial charge in [0, 0.05) is 87.2 Å². The predicted octanol–water partition coefficient (Wildman–Crippen LogP) is 10.1. The molecule has 3 aliphatic heterocycles. The summed E-state index contributed by atoms with van der Waals surface area (Å²) in [5, 5.41) is 26.4. The summed E-state index contributed by atoms with van der Waals surface area (Å²) in [6, 6.07) is 24.9. The summed E-state index contributed by atoms with van der Waals surface area (Å²) < 4.78 is 64.7. The lowest BCUT2D eigenvalue weighted by Crippen LogP contribution is -2.60. The minimum atomic E-state index is -4.73. The molecule has 1 amide bonds. The molecule has 2 aliphatic carbocycles. The Morgan fingerprint density at radius 2 is 1.75 bits per heavy atom. The molecular formula is C58H67FN8O9S. The number of anilines is 2. The number of nitro groups is 1. The van der Waals surface area contributed by atoms with Crippen LogP contribution in [-0.4, -0.2) is 108 Å². The number of carbonyl (C=O) groups excluding carboxylic acids is 1. The molecular weight excluding hydrogens is 1000 g/mol. The molecule has 17 nitrogen and oxygen atoms in total. The zero-order valence-corrected chi connectivity index (χ0v) is 44.6. The molecule has 2 saturated heterocycles. The average molecular weight is 1070 g/mol. The van der Waals surface area contributed by atoms with Gasteiger partial charge < -0.3 is 34.5 Å². The summed E-state index contributed by atoms with van der Waals surface area (Å²) in [7, 11) is -4.73. The number of benzene rings is 4. The highest BCUT2D eigenvalue weighted by atomic mass is 32.2. The number of halogens is 1. The molecule has 2 saturated carbocycles. The first-order chi connectivity index (χ1) is 37.0. The van der Waals surface area contributed by atoms with Crippen LogP contribution in [0.1, 0.15) is 111 Å². The number of aromatic amines is 1. The fourth-order valence-corrected chi connectivity index (χ4v) is 13.5. The van der Waals surface area contributed by atoms with Crippen LogP contribution in [0.2, 0.25) is 0 Å². The molecule has 1 spiro atoms. The van der Waals surface area contributed by atoms with Crippen molar-refractivity contribution in [3.63, 3.8) is 0 Å². The zero-order valence-electron chi connectivity index (χ0n) is 43.8. The lowest BCUT2D eigenvalue weighted by Gasteiger charge is -2.58. The van der Waals surface area contributed by atoms with Crippen molar-refractivity contribution in [1.29, 1.82) is 0 Å². The third-order valence-corrected chi connectivity index (χ3v) is 18.2. The van der Waals surface area contributed by atoms with Crippen LogP contribution >= 0.6 is 0 Å². The lowest BCUT2D eigenvalue weighted by molar-refractivity contribution is -0.384. The number of aromatic nitrogens is 2. The topological polar surface area (TPSA) is 205 Å². The highest BCUT2D eigenvalue weighted by molar-refractivity contribution is 7.90. The van der Waals surface area contributed by atoms with E-state index in [1.807, 2.05) is 21.8 Å². The molecule has 77 heavy (non-hydrogen) atoms. The van der Waals surface area contributed by atoms with Crippen LogP contribution in [0.25, 0.3) is 11.0 Å². The number of pyridine rings is 1. The van der Waals surface area contributed by atoms with Crippen molar-refractivity contribution < 1.29 is 41.8 Å². The van der Waals surface area contributed by atoms with E-state index in [0.717, 1.165) is 99.3 Å². The van der Waals surface area contributed by atoms with Crippen molar-refractivity contribution in [3.05, 3.63) is 136 Å². The number of aliphatic hydroxyl groups is 1. The quantitative estimate of drug-likeness (QED) is 0.0558. The van der Waals surface area contributed by atoms with Gasteiger partial charge in [0.1, 0.15) is 41.9 Å². The van der Waals surface area contributed by atoms with E-state index in [2.05, 4.69) is 69.3 Å². The molecule has 6 aromatic rings. The van der Waals surface area contributed by atoms with Gasteiger partial charge >= 0.3 is 0 Å². The summed E-state index contributed by atoms with van der Waals surface area (Å²) in [6.07, 6.45) is 9.61. The molecule has 5 aliphatic rings. The number of nitro benzene ring substituents is 1. The molecule has 11 rings (SSSR count). The molecule has 406 valence electrons. The molecule has 5 heterocycles. The van der Waals surface area contributed by atoms with Crippen molar-refractivity contribution >= 4 is 44.0 Å². The minimum absolute atomic E-state index is 0.0876. The maximum Gasteiger partial charge on any atom is 0.293 e. The van der Waals surface area contributed by atoms with Crippen LogP contribution in [0.15, 0.2) is 102 Å². The van der Waals surface area contributed by atoms with Gasteiger partial charge in [-0.3, -0.25) is 24.7 Å². The monoisotopic (exact) mass is 1070 g/mol. The number of H-pyrrole nitrogens is 1. The number of ether oxygens (including phenoxy) is 3. The van der Waals surface area contributed by atoms with Gasteiger partial charge in [0.05, 0.1) is 32.9 Å². The SMILES string of the molecule is CC(C)c1ccccc1[C@@H]1CN(Cc2cccc3c2OCCO3)CCN1C1CC2(CCN(c3cc(Oc4cnc5[nH]ccc5c4)c(C(=O)NS(=O)(=O)c4ccc(NCC5CCC(C)(O)CC5)c([N+](=O)[O-])c4)cc3F)CC2)C1. The maximum absolute atomic E-state index is 16.6. The highest BCUT2D eigenvalue weighted by Gasteiger charge is 2.50. The molecule has 0 unspecified atom stereocenters. The average Bonchev–Trinajstić information content (AvgIpc) is 3.89. The van der Waals surface area contributed by atoms with E-state index in [-0.39, 0.29) is 40.2 Å². The molecule has 2 aromatic heterocycles. The number of nitrogens with zero attached hydrogens (tertiary/aromatic N) is 5. The van der Waals surface area contributed by atoms with Gasteiger partial charge in [0.25, 0.3) is 21.6 Å². The van der Waals surface area contributed by atoms with Crippen molar-refractivity contribution in [2.45, 2.75) is 107 Å². The Labute approximate surface area is 448 Å². The molecule has 19 heteroatoms. The third kappa shape index (κ3) is 11.0. The van der Waals surface area contributed by atoms with Crippen LogP contribution in [-0.2, 0) is 16.6 Å². The number of sulfonamides is 1. The van der Waals surface area contributed by atoms with Crippen LogP contribution in [0.3, 0.4) is 0 Å². The summed E-state index contributed by atoms with van der Waals surface area (Å²) in [6.45, 7) is 12.4. The van der Waals surface area contributed by atoms with E-state index >= 15 is 4.39 Å². The Balaban J connectivity index is 0.793. The summed E-state index contributed by atoms with van der Waals surface area (Å²) in [4.78, 5) is 39.9. The first kappa shape index (κ1) is 52.3.